The van der Waals surface area contributed by atoms with Crippen molar-refractivity contribution in [1.29, 1.82) is 0 Å². The van der Waals surface area contributed by atoms with Crippen molar-refractivity contribution in [1.82, 2.24) is 5.32 Å². The maximum Gasteiger partial charge on any atom is 0.221 e. The van der Waals surface area contributed by atoms with Crippen LogP contribution >= 0.6 is 0 Å². The van der Waals surface area contributed by atoms with Crippen LogP contribution in [0.5, 0.6) is 0 Å². The molecule has 1 atom stereocenters. The molecule has 96 valence electrons. The molecular formula is C14H24N2O. The normalized spacial score (nSPS) is 27.0. The molecule has 1 unspecified atom stereocenters. The SMILES string of the molecule is NC1(CC(=O)NCC2CC=CCC2)CCCC1. The number of carbonyl (C=O) groups is 1. The highest BCUT2D eigenvalue weighted by Gasteiger charge is 2.31. The van der Waals surface area contributed by atoms with Crippen LogP contribution in [0.4, 0.5) is 0 Å². The molecule has 0 radical (unpaired) electrons. The summed E-state index contributed by atoms with van der Waals surface area (Å²) in [5.41, 5.74) is 5.98. The molecular weight excluding hydrogens is 212 g/mol. The molecule has 0 saturated heterocycles. The molecule has 1 saturated carbocycles. The Morgan fingerprint density at radius 1 is 1.35 bits per heavy atom. The fourth-order valence-electron chi connectivity index (χ4n) is 2.94. The average Bonchev–Trinajstić information content (AvgIpc) is 2.74. The first-order valence-corrected chi connectivity index (χ1v) is 6.89. The molecule has 0 bridgehead atoms. The molecule has 2 aliphatic carbocycles. The fourth-order valence-corrected chi connectivity index (χ4v) is 2.94. The Morgan fingerprint density at radius 2 is 2.12 bits per heavy atom. The van der Waals surface area contributed by atoms with Crippen LogP contribution in [-0.4, -0.2) is 18.0 Å². The molecule has 0 aromatic carbocycles. The lowest BCUT2D eigenvalue weighted by molar-refractivity contribution is -0.122. The molecule has 0 spiro atoms. The van der Waals surface area contributed by atoms with Gasteiger partial charge in [0.15, 0.2) is 0 Å². The van der Waals surface area contributed by atoms with Crippen LogP contribution in [-0.2, 0) is 4.79 Å². The van der Waals surface area contributed by atoms with Gasteiger partial charge in [-0.15, -0.1) is 0 Å². The number of rotatable bonds is 4. The predicted octanol–water partition coefficient (Wildman–Crippen LogP) is 2.12. The van der Waals surface area contributed by atoms with E-state index in [0.717, 1.165) is 32.2 Å². The summed E-state index contributed by atoms with van der Waals surface area (Å²) in [7, 11) is 0. The van der Waals surface area contributed by atoms with E-state index >= 15 is 0 Å². The second-order valence-electron chi connectivity index (χ2n) is 5.70. The molecule has 1 fully saturated rings. The number of allylic oxidation sites excluding steroid dienone is 2. The van der Waals surface area contributed by atoms with Gasteiger partial charge in [0.05, 0.1) is 0 Å². The quantitative estimate of drug-likeness (QED) is 0.735. The summed E-state index contributed by atoms with van der Waals surface area (Å²) in [6.07, 6.45) is 12.8. The van der Waals surface area contributed by atoms with Crippen molar-refractivity contribution < 1.29 is 4.79 Å². The van der Waals surface area contributed by atoms with Crippen molar-refractivity contribution >= 4 is 5.91 Å². The van der Waals surface area contributed by atoms with Crippen molar-refractivity contribution in [2.75, 3.05) is 6.54 Å². The summed E-state index contributed by atoms with van der Waals surface area (Å²) >= 11 is 0. The Morgan fingerprint density at radius 3 is 2.76 bits per heavy atom. The lowest BCUT2D eigenvalue weighted by Crippen LogP contribution is -2.43. The lowest BCUT2D eigenvalue weighted by atomic mass is 9.93. The first-order chi connectivity index (χ1) is 8.18. The van der Waals surface area contributed by atoms with Crippen molar-refractivity contribution in [2.45, 2.75) is 56.9 Å². The third-order valence-corrected chi connectivity index (χ3v) is 4.08. The molecule has 0 heterocycles. The van der Waals surface area contributed by atoms with Gasteiger partial charge in [0.1, 0.15) is 0 Å². The van der Waals surface area contributed by atoms with E-state index in [9.17, 15) is 4.79 Å². The largest absolute Gasteiger partial charge is 0.356 e. The van der Waals surface area contributed by atoms with Crippen molar-refractivity contribution in [2.24, 2.45) is 11.7 Å². The third-order valence-electron chi connectivity index (χ3n) is 4.08. The Bertz CT molecular complexity index is 293. The molecule has 0 aromatic heterocycles. The molecule has 3 N–H and O–H groups in total. The van der Waals surface area contributed by atoms with Gasteiger partial charge in [-0.2, -0.15) is 0 Å². The van der Waals surface area contributed by atoms with Gasteiger partial charge in [-0.25, -0.2) is 0 Å². The molecule has 3 heteroatoms. The molecule has 2 rings (SSSR count). The van der Waals surface area contributed by atoms with E-state index in [2.05, 4.69) is 17.5 Å². The van der Waals surface area contributed by atoms with Crippen LogP contribution in [0, 0.1) is 5.92 Å². The third kappa shape index (κ3) is 3.84. The summed E-state index contributed by atoms with van der Waals surface area (Å²) in [4.78, 5) is 11.8. The van der Waals surface area contributed by atoms with Gasteiger partial charge in [-0.1, -0.05) is 25.0 Å². The predicted molar refractivity (Wildman–Crippen MR) is 69.5 cm³/mol. The second-order valence-corrected chi connectivity index (χ2v) is 5.70. The van der Waals surface area contributed by atoms with Gasteiger partial charge in [0.25, 0.3) is 0 Å². The first kappa shape index (κ1) is 12.6. The Kier molecular flexibility index (Phi) is 4.21. The summed E-state index contributed by atoms with van der Waals surface area (Å²) in [5, 5.41) is 3.05. The lowest BCUT2D eigenvalue weighted by Gasteiger charge is -2.24. The molecule has 3 nitrogen and oxygen atoms in total. The summed E-state index contributed by atoms with van der Waals surface area (Å²) in [6, 6.07) is 0. The number of hydrogen-bond acceptors (Lipinski definition) is 2. The zero-order valence-corrected chi connectivity index (χ0v) is 10.6. The molecule has 0 aliphatic heterocycles. The van der Waals surface area contributed by atoms with E-state index in [-0.39, 0.29) is 11.4 Å². The number of amides is 1. The van der Waals surface area contributed by atoms with E-state index in [1.54, 1.807) is 0 Å². The van der Waals surface area contributed by atoms with E-state index in [1.165, 1.54) is 19.3 Å². The minimum absolute atomic E-state index is 0.143. The van der Waals surface area contributed by atoms with Gasteiger partial charge in [0.2, 0.25) is 5.91 Å². The van der Waals surface area contributed by atoms with Crippen molar-refractivity contribution in [3.8, 4) is 0 Å². The topological polar surface area (TPSA) is 55.1 Å². The van der Waals surface area contributed by atoms with Crippen LogP contribution in [0.1, 0.15) is 51.4 Å². The summed E-state index contributed by atoms with van der Waals surface area (Å²) in [5.74, 6) is 0.769. The highest BCUT2D eigenvalue weighted by atomic mass is 16.1. The summed E-state index contributed by atoms with van der Waals surface area (Å²) < 4.78 is 0. The number of hydrogen-bond donors (Lipinski definition) is 2. The van der Waals surface area contributed by atoms with Gasteiger partial charge in [-0.3, -0.25) is 4.79 Å². The number of nitrogens with one attached hydrogen (secondary N) is 1. The number of nitrogens with two attached hydrogens (primary N) is 1. The van der Waals surface area contributed by atoms with E-state index in [4.69, 9.17) is 5.73 Å². The van der Waals surface area contributed by atoms with Gasteiger partial charge in [-0.05, 0) is 38.0 Å². The van der Waals surface area contributed by atoms with Crippen LogP contribution in [0.25, 0.3) is 0 Å². The maximum atomic E-state index is 11.8. The fraction of sp³-hybridized carbons (Fsp3) is 0.786. The molecule has 0 aromatic rings. The number of carbonyl (C=O) groups excluding carboxylic acids is 1. The highest BCUT2D eigenvalue weighted by molar-refractivity contribution is 5.77. The van der Waals surface area contributed by atoms with E-state index < -0.39 is 0 Å². The average molecular weight is 236 g/mol. The zero-order chi connectivity index (χ0) is 12.1. The second kappa shape index (κ2) is 5.67. The van der Waals surface area contributed by atoms with Gasteiger partial charge in [0, 0.05) is 18.5 Å². The molecule has 17 heavy (non-hydrogen) atoms. The maximum absolute atomic E-state index is 11.8. The first-order valence-electron chi connectivity index (χ1n) is 6.89. The Balaban J connectivity index is 1.68. The van der Waals surface area contributed by atoms with Gasteiger partial charge < -0.3 is 11.1 Å². The summed E-state index contributed by atoms with van der Waals surface area (Å²) in [6.45, 7) is 0.819. The standard InChI is InChI=1S/C14H24N2O/c15-14(8-4-5-9-14)10-13(17)16-11-12-6-2-1-3-7-12/h1-2,12H,3-11,15H2,(H,16,17). The minimum atomic E-state index is -0.212. The monoisotopic (exact) mass is 236 g/mol. The highest BCUT2D eigenvalue weighted by Crippen LogP contribution is 2.29. The van der Waals surface area contributed by atoms with Crippen molar-refractivity contribution in [3.63, 3.8) is 0 Å². The molecule has 1 amide bonds. The van der Waals surface area contributed by atoms with Crippen LogP contribution in [0.3, 0.4) is 0 Å². The van der Waals surface area contributed by atoms with Crippen molar-refractivity contribution in [3.05, 3.63) is 12.2 Å². The van der Waals surface area contributed by atoms with E-state index in [0.29, 0.717) is 12.3 Å². The van der Waals surface area contributed by atoms with Crippen LogP contribution in [0.15, 0.2) is 12.2 Å². The smallest absolute Gasteiger partial charge is 0.221 e. The molecule has 2 aliphatic rings. The van der Waals surface area contributed by atoms with Crippen LogP contribution < -0.4 is 11.1 Å². The van der Waals surface area contributed by atoms with Gasteiger partial charge >= 0.3 is 0 Å². The minimum Gasteiger partial charge on any atom is -0.356 e. The Labute approximate surface area is 104 Å². The Hall–Kier alpha value is -0.830. The van der Waals surface area contributed by atoms with Crippen LogP contribution in [0.2, 0.25) is 0 Å². The zero-order valence-electron chi connectivity index (χ0n) is 10.6. The van der Waals surface area contributed by atoms with E-state index in [1.807, 2.05) is 0 Å².